The van der Waals surface area contributed by atoms with Crippen molar-refractivity contribution >= 4 is 12.0 Å². The number of hydrogen-bond acceptors (Lipinski definition) is 3. The summed E-state index contributed by atoms with van der Waals surface area (Å²) in [6.45, 7) is 10.2. The molecule has 0 aromatic heterocycles. The Bertz CT molecular complexity index is 692. The Hall–Kier alpha value is -2.04. The van der Waals surface area contributed by atoms with Crippen molar-refractivity contribution in [2.24, 2.45) is 0 Å². The molecule has 2 saturated heterocycles. The van der Waals surface area contributed by atoms with Crippen LogP contribution < -0.4 is 0 Å². The molecule has 1 aromatic carbocycles. The van der Waals surface area contributed by atoms with E-state index in [-0.39, 0.29) is 18.0 Å². The summed E-state index contributed by atoms with van der Waals surface area (Å²) in [6, 6.07) is 6.08. The summed E-state index contributed by atoms with van der Waals surface area (Å²) in [6.07, 6.45) is 3.27. The summed E-state index contributed by atoms with van der Waals surface area (Å²) in [5.41, 5.74) is 2.65. The van der Waals surface area contributed by atoms with Gasteiger partial charge in [0.1, 0.15) is 5.60 Å². The van der Waals surface area contributed by atoms with Gasteiger partial charge in [0.2, 0.25) is 0 Å². The van der Waals surface area contributed by atoms with E-state index < -0.39 is 5.60 Å². The van der Waals surface area contributed by atoms with Gasteiger partial charge in [-0.25, -0.2) is 4.79 Å². The van der Waals surface area contributed by atoms with Gasteiger partial charge in [-0.3, -0.25) is 4.79 Å². The molecule has 0 radical (unpaired) electrons. The average molecular weight is 358 g/mol. The molecule has 0 aliphatic carbocycles. The second-order valence-electron chi connectivity index (χ2n) is 7.91. The molecular formula is C21H30N2O3. The van der Waals surface area contributed by atoms with Crippen LogP contribution in [-0.2, 0) is 4.74 Å². The predicted molar refractivity (Wildman–Crippen MR) is 101 cm³/mol. The van der Waals surface area contributed by atoms with Gasteiger partial charge in [0.05, 0.1) is 6.54 Å². The molecule has 2 aliphatic rings. The fraction of sp³-hybridized carbons (Fsp3) is 0.619. The Morgan fingerprint density at radius 1 is 1.23 bits per heavy atom. The van der Waals surface area contributed by atoms with Crippen LogP contribution >= 0.6 is 0 Å². The van der Waals surface area contributed by atoms with Gasteiger partial charge >= 0.3 is 6.09 Å². The van der Waals surface area contributed by atoms with E-state index >= 15 is 0 Å². The van der Waals surface area contributed by atoms with Gasteiger partial charge in [-0.05, 0) is 50.5 Å². The summed E-state index contributed by atoms with van der Waals surface area (Å²) in [7, 11) is 0. The number of hydrogen-bond donors (Lipinski definition) is 0. The summed E-state index contributed by atoms with van der Waals surface area (Å²) < 4.78 is 5.79. The lowest BCUT2D eigenvalue weighted by atomic mass is 9.90. The molecule has 2 aliphatic heterocycles. The van der Waals surface area contributed by atoms with Crippen LogP contribution in [0.3, 0.4) is 0 Å². The maximum atomic E-state index is 12.8. The highest BCUT2D eigenvalue weighted by atomic mass is 16.6. The Balaban J connectivity index is 1.63. The first kappa shape index (κ1) is 18.7. The number of ether oxygens (including phenoxy) is 1. The largest absolute Gasteiger partial charge is 0.441 e. The zero-order valence-electron chi connectivity index (χ0n) is 16.4. The van der Waals surface area contributed by atoms with Crippen molar-refractivity contribution in [1.29, 1.82) is 0 Å². The minimum atomic E-state index is -0.418. The number of aryl methyl sites for hydroxylation is 2. The molecule has 142 valence electrons. The van der Waals surface area contributed by atoms with Crippen LogP contribution in [0.1, 0.15) is 61.0 Å². The summed E-state index contributed by atoms with van der Waals surface area (Å²) >= 11 is 0. The second kappa shape index (κ2) is 7.29. The molecule has 0 bridgehead atoms. The molecule has 1 atom stereocenters. The Labute approximate surface area is 156 Å². The fourth-order valence-electron chi connectivity index (χ4n) is 4.00. The van der Waals surface area contributed by atoms with E-state index in [9.17, 15) is 9.59 Å². The van der Waals surface area contributed by atoms with Gasteiger partial charge in [-0.15, -0.1) is 0 Å². The lowest BCUT2D eigenvalue weighted by Gasteiger charge is -2.37. The number of carbonyl (C=O) groups is 2. The maximum Gasteiger partial charge on any atom is 0.410 e. The predicted octanol–water partition coefficient (Wildman–Crippen LogP) is 3.92. The van der Waals surface area contributed by atoms with E-state index in [2.05, 4.69) is 13.8 Å². The van der Waals surface area contributed by atoms with Crippen LogP contribution in [0.2, 0.25) is 0 Å². The lowest BCUT2D eigenvalue weighted by Crippen LogP contribution is -2.49. The van der Waals surface area contributed by atoms with Crippen molar-refractivity contribution in [3.8, 4) is 0 Å². The molecular weight excluding hydrogens is 328 g/mol. The van der Waals surface area contributed by atoms with Gasteiger partial charge < -0.3 is 14.5 Å². The number of amides is 2. The molecule has 2 amide bonds. The van der Waals surface area contributed by atoms with E-state index in [4.69, 9.17) is 4.74 Å². The monoisotopic (exact) mass is 358 g/mol. The van der Waals surface area contributed by atoms with Crippen LogP contribution in [0.4, 0.5) is 4.79 Å². The minimum Gasteiger partial charge on any atom is -0.441 e. The van der Waals surface area contributed by atoms with Crippen molar-refractivity contribution in [3.05, 3.63) is 34.9 Å². The summed E-state index contributed by atoms with van der Waals surface area (Å²) in [4.78, 5) is 28.8. The molecule has 2 heterocycles. The smallest absolute Gasteiger partial charge is 0.410 e. The zero-order valence-corrected chi connectivity index (χ0v) is 16.4. The van der Waals surface area contributed by atoms with Crippen molar-refractivity contribution in [1.82, 2.24) is 9.80 Å². The number of rotatable bonds is 4. The second-order valence-corrected chi connectivity index (χ2v) is 7.91. The SMILES string of the molecule is CCCC(C)N1CC2(CCN(C(=O)c3ccc(C)c(C)c3)CC2)OC1=O. The summed E-state index contributed by atoms with van der Waals surface area (Å²) in [5.74, 6) is 0.0727. The molecule has 2 fully saturated rings. The minimum absolute atomic E-state index is 0.0727. The van der Waals surface area contributed by atoms with E-state index in [1.807, 2.05) is 41.8 Å². The van der Waals surface area contributed by atoms with Gasteiger partial charge in [0.15, 0.2) is 0 Å². The number of benzene rings is 1. The van der Waals surface area contributed by atoms with Gasteiger partial charge in [0.25, 0.3) is 5.91 Å². The van der Waals surface area contributed by atoms with E-state index in [0.29, 0.717) is 32.5 Å². The number of likely N-dealkylation sites (tertiary alicyclic amines) is 1. The lowest BCUT2D eigenvalue weighted by molar-refractivity contribution is 0.00306. The van der Waals surface area contributed by atoms with Crippen LogP contribution in [0.25, 0.3) is 0 Å². The van der Waals surface area contributed by atoms with Crippen LogP contribution in [0.15, 0.2) is 18.2 Å². The molecule has 0 N–H and O–H groups in total. The molecule has 1 unspecified atom stereocenters. The first-order valence-electron chi connectivity index (χ1n) is 9.71. The maximum absolute atomic E-state index is 12.8. The Kier molecular flexibility index (Phi) is 5.26. The molecule has 1 spiro atoms. The highest BCUT2D eigenvalue weighted by Crippen LogP contribution is 2.35. The van der Waals surface area contributed by atoms with E-state index in [1.54, 1.807) is 0 Å². The Morgan fingerprint density at radius 2 is 1.92 bits per heavy atom. The molecule has 0 saturated carbocycles. The first-order valence-corrected chi connectivity index (χ1v) is 9.71. The van der Waals surface area contributed by atoms with Gasteiger partial charge in [0, 0.05) is 37.5 Å². The quantitative estimate of drug-likeness (QED) is 0.820. The van der Waals surface area contributed by atoms with Gasteiger partial charge in [-0.2, -0.15) is 0 Å². The Morgan fingerprint density at radius 3 is 2.54 bits per heavy atom. The molecule has 3 rings (SSSR count). The highest BCUT2D eigenvalue weighted by molar-refractivity contribution is 5.94. The third-order valence-electron chi connectivity index (χ3n) is 5.95. The third kappa shape index (κ3) is 3.57. The van der Waals surface area contributed by atoms with Crippen LogP contribution in [-0.4, -0.2) is 53.1 Å². The topological polar surface area (TPSA) is 49.9 Å². The van der Waals surface area contributed by atoms with E-state index in [1.165, 1.54) is 5.56 Å². The van der Waals surface area contributed by atoms with E-state index in [0.717, 1.165) is 24.0 Å². The number of piperidine rings is 1. The van der Waals surface area contributed by atoms with Crippen LogP contribution in [0, 0.1) is 13.8 Å². The standard InChI is InChI=1S/C21H30N2O3/c1-5-6-17(4)23-14-21(26-20(23)25)9-11-22(12-10-21)19(24)18-8-7-15(2)16(3)13-18/h7-8,13,17H,5-6,9-12,14H2,1-4H3. The summed E-state index contributed by atoms with van der Waals surface area (Å²) in [5, 5.41) is 0. The average Bonchev–Trinajstić information content (AvgIpc) is 2.94. The number of carbonyl (C=O) groups excluding carboxylic acids is 2. The number of nitrogens with zero attached hydrogens (tertiary/aromatic N) is 2. The van der Waals surface area contributed by atoms with Crippen molar-refractivity contribution in [2.75, 3.05) is 19.6 Å². The van der Waals surface area contributed by atoms with Gasteiger partial charge in [-0.1, -0.05) is 19.4 Å². The molecule has 26 heavy (non-hydrogen) atoms. The molecule has 5 heteroatoms. The third-order valence-corrected chi connectivity index (χ3v) is 5.95. The zero-order chi connectivity index (χ0) is 18.9. The molecule has 1 aromatic rings. The normalized spacial score (nSPS) is 20.4. The fourth-order valence-corrected chi connectivity index (χ4v) is 4.00. The van der Waals surface area contributed by atoms with Crippen LogP contribution in [0.5, 0.6) is 0 Å². The van der Waals surface area contributed by atoms with Crippen molar-refractivity contribution in [2.45, 2.75) is 65.0 Å². The van der Waals surface area contributed by atoms with Crippen molar-refractivity contribution < 1.29 is 14.3 Å². The van der Waals surface area contributed by atoms with Crippen molar-refractivity contribution in [3.63, 3.8) is 0 Å². The molecule has 5 nitrogen and oxygen atoms in total. The first-order chi connectivity index (χ1) is 12.3. The highest BCUT2D eigenvalue weighted by Gasteiger charge is 2.48.